The third-order valence-corrected chi connectivity index (χ3v) is 3.06. The molecule has 0 aromatic heterocycles. The normalized spacial score (nSPS) is 19.2. The second kappa shape index (κ2) is 5.68. The topological polar surface area (TPSA) is 62.3 Å². The number of rotatable bonds is 5. The van der Waals surface area contributed by atoms with E-state index in [0.29, 0.717) is 12.5 Å². The molecule has 0 saturated carbocycles. The van der Waals surface area contributed by atoms with Crippen LogP contribution in [0.1, 0.15) is 12.8 Å². The highest BCUT2D eigenvalue weighted by Gasteiger charge is 2.23. The molecule has 1 fully saturated rings. The number of nitrogens with one attached hydrogen (secondary N) is 1. The molecule has 1 aliphatic rings. The average molecular weight is 233 g/mol. The fourth-order valence-electron chi connectivity index (χ4n) is 2.15. The molecule has 0 spiro atoms. The maximum atomic E-state index is 7.34. The van der Waals surface area contributed by atoms with E-state index in [1.807, 2.05) is 18.2 Å². The summed E-state index contributed by atoms with van der Waals surface area (Å²) < 4.78 is 5.44. The molecule has 0 amide bonds. The van der Waals surface area contributed by atoms with Crippen LogP contribution in [0.4, 0.5) is 5.69 Å². The van der Waals surface area contributed by atoms with Crippen molar-refractivity contribution in [2.75, 3.05) is 24.7 Å². The van der Waals surface area contributed by atoms with Crippen LogP contribution in [-0.4, -0.2) is 31.6 Å². The molecule has 1 heterocycles. The Morgan fingerprint density at radius 1 is 1.41 bits per heavy atom. The van der Waals surface area contributed by atoms with Crippen LogP contribution in [0.2, 0.25) is 0 Å². The van der Waals surface area contributed by atoms with Crippen molar-refractivity contribution in [3.05, 3.63) is 30.3 Å². The molecule has 1 atom stereocenters. The molecule has 92 valence electrons. The van der Waals surface area contributed by atoms with Crippen LogP contribution < -0.4 is 10.6 Å². The van der Waals surface area contributed by atoms with E-state index in [1.165, 1.54) is 5.69 Å². The van der Waals surface area contributed by atoms with Gasteiger partial charge in [0.2, 0.25) is 0 Å². The number of ether oxygens (including phenoxy) is 1. The molecule has 2 rings (SSSR count). The van der Waals surface area contributed by atoms with E-state index in [-0.39, 0.29) is 5.84 Å². The van der Waals surface area contributed by atoms with Crippen LogP contribution in [0.15, 0.2) is 30.3 Å². The number of hydrogen-bond acceptors (Lipinski definition) is 3. The molecule has 0 bridgehead atoms. The standard InChI is InChI=1S/C13H19N3O/c14-13(15)6-8-16(12-7-9-17-10-12)11-4-2-1-3-5-11/h1-5,12H,6-10H2,(H3,14,15). The third-order valence-electron chi connectivity index (χ3n) is 3.06. The Morgan fingerprint density at radius 3 is 2.76 bits per heavy atom. The zero-order valence-electron chi connectivity index (χ0n) is 9.93. The van der Waals surface area contributed by atoms with Gasteiger partial charge in [0, 0.05) is 25.3 Å². The van der Waals surface area contributed by atoms with Crippen LogP contribution >= 0.6 is 0 Å². The Kier molecular flexibility index (Phi) is 3.98. The van der Waals surface area contributed by atoms with E-state index < -0.39 is 0 Å². The molecule has 17 heavy (non-hydrogen) atoms. The van der Waals surface area contributed by atoms with Crippen LogP contribution in [0.5, 0.6) is 0 Å². The molecule has 3 N–H and O–H groups in total. The van der Waals surface area contributed by atoms with Gasteiger partial charge in [-0.2, -0.15) is 0 Å². The minimum Gasteiger partial charge on any atom is -0.388 e. The largest absolute Gasteiger partial charge is 0.388 e. The van der Waals surface area contributed by atoms with Gasteiger partial charge in [0.25, 0.3) is 0 Å². The van der Waals surface area contributed by atoms with Crippen molar-refractivity contribution in [1.82, 2.24) is 0 Å². The molecule has 1 aliphatic heterocycles. The van der Waals surface area contributed by atoms with Gasteiger partial charge in [-0.3, -0.25) is 5.41 Å². The molecular weight excluding hydrogens is 214 g/mol. The zero-order chi connectivity index (χ0) is 12.1. The Hall–Kier alpha value is -1.55. The summed E-state index contributed by atoms with van der Waals surface area (Å²) in [6.45, 7) is 2.38. The highest BCUT2D eigenvalue weighted by molar-refractivity contribution is 5.77. The summed E-state index contributed by atoms with van der Waals surface area (Å²) in [7, 11) is 0. The van der Waals surface area contributed by atoms with Crippen molar-refractivity contribution < 1.29 is 4.74 Å². The molecule has 1 aromatic rings. The van der Waals surface area contributed by atoms with Crippen LogP contribution in [0.25, 0.3) is 0 Å². The first-order chi connectivity index (χ1) is 8.27. The summed E-state index contributed by atoms with van der Waals surface area (Å²) in [4.78, 5) is 2.30. The van der Waals surface area contributed by atoms with Crippen molar-refractivity contribution in [1.29, 1.82) is 5.41 Å². The highest BCUT2D eigenvalue weighted by atomic mass is 16.5. The minimum atomic E-state index is 0.241. The van der Waals surface area contributed by atoms with Gasteiger partial charge in [-0.1, -0.05) is 18.2 Å². The summed E-state index contributed by atoms with van der Waals surface area (Å²) >= 11 is 0. The third kappa shape index (κ3) is 3.20. The molecule has 1 aromatic carbocycles. The van der Waals surface area contributed by atoms with E-state index >= 15 is 0 Å². The first-order valence-electron chi connectivity index (χ1n) is 5.99. The number of nitrogens with zero attached hydrogens (tertiary/aromatic N) is 1. The van der Waals surface area contributed by atoms with Crippen LogP contribution in [-0.2, 0) is 4.74 Å². The maximum Gasteiger partial charge on any atom is 0.0923 e. The summed E-state index contributed by atoms with van der Waals surface area (Å²) in [5.41, 5.74) is 6.63. The van der Waals surface area contributed by atoms with Crippen molar-refractivity contribution in [3.63, 3.8) is 0 Å². The number of para-hydroxylation sites is 1. The van der Waals surface area contributed by atoms with E-state index in [9.17, 15) is 0 Å². The Morgan fingerprint density at radius 2 is 2.18 bits per heavy atom. The van der Waals surface area contributed by atoms with E-state index in [2.05, 4.69) is 17.0 Å². The van der Waals surface area contributed by atoms with E-state index in [1.54, 1.807) is 0 Å². The first-order valence-corrected chi connectivity index (χ1v) is 5.99. The quantitative estimate of drug-likeness (QED) is 0.600. The lowest BCUT2D eigenvalue weighted by Gasteiger charge is -2.30. The van der Waals surface area contributed by atoms with Crippen molar-refractivity contribution in [2.45, 2.75) is 18.9 Å². The zero-order valence-corrected chi connectivity index (χ0v) is 9.93. The summed E-state index contributed by atoms with van der Waals surface area (Å²) in [5, 5.41) is 7.34. The lowest BCUT2D eigenvalue weighted by atomic mass is 10.1. The van der Waals surface area contributed by atoms with Gasteiger partial charge in [0.1, 0.15) is 0 Å². The van der Waals surface area contributed by atoms with Gasteiger partial charge in [0.15, 0.2) is 0 Å². The summed E-state index contributed by atoms with van der Waals surface area (Å²) in [6, 6.07) is 10.7. The molecule has 1 saturated heterocycles. The SMILES string of the molecule is N=C(N)CCN(c1ccccc1)C1CCOC1. The maximum absolute atomic E-state index is 7.34. The first kappa shape index (κ1) is 11.9. The fourth-order valence-corrected chi connectivity index (χ4v) is 2.15. The smallest absolute Gasteiger partial charge is 0.0923 e. The summed E-state index contributed by atoms with van der Waals surface area (Å²) in [5.74, 6) is 0.241. The van der Waals surface area contributed by atoms with Gasteiger partial charge < -0.3 is 15.4 Å². The van der Waals surface area contributed by atoms with Crippen molar-refractivity contribution in [2.24, 2.45) is 5.73 Å². The van der Waals surface area contributed by atoms with Gasteiger partial charge >= 0.3 is 0 Å². The van der Waals surface area contributed by atoms with Gasteiger partial charge in [-0.05, 0) is 18.6 Å². The Bertz CT molecular complexity index is 360. The second-order valence-electron chi connectivity index (χ2n) is 4.32. The Labute approximate surface area is 102 Å². The van der Waals surface area contributed by atoms with Gasteiger partial charge in [-0.25, -0.2) is 0 Å². The fraction of sp³-hybridized carbons (Fsp3) is 0.462. The summed E-state index contributed by atoms with van der Waals surface area (Å²) in [6.07, 6.45) is 1.65. The monoisotopic (exact) mass is 233 g/mol. The average Bonchev–Trinajstić information content (AvgIpc) is 2.84. The number of nitrogens with two attached hydrogens (primary N) is 1. The van der Waals surface area contributed by atoms with E-state index in [4.69, 9.17) is 15.9 Å². The van der Waals surface area contributed by atoms with Gasteiger partial charge in [-0.15, -0.1) is 0 Å². The minimum absolute atomic E-state index is 0.241. The number of amidine groups is 1. The lowest BCUT2D eigenvalue weighted by Crippen LogP contribution is -2.38. The number of benzene rings is 1. The molecule has 0 aliphatic carbocycles. The molecule has 0 radical (unpaired) electrons. The highest BCUT2D eigenvalue weighted by Crippen LogP contribution is 2.21. The predicted octanol–water partition coefficient (Wildman–Crippen LogP) is 1.61. The Balaban J connectivity index is 2.08. The number of hydrogen-bond donors (Lipinski definition) is 2. The second-order valence-corrected chi connectivity index (χ2v) is 4.32. The molecule has 4 heteroatoms. The van der Waals surface area contributed by atoms with Gasteiger partial charge in [0.05, 0.1) is 18.5 Å². The molecule has 4 nitrogen and oxygen atoms in total. The van der Waals surface area contributed by atoms with Crippen LogP contribution in [0, 0.1) is 5.41 Å². The lowest BCUT2D eigenvalue weighted by molar-refractivity contribution is 0.193. The molecular formula is C13H19N3O. The van der Waals surface area contributed by atoms with Crippen molar-refractivity contribution >= 4 is 11.5 Å². The molecule has 1 unspecified atom stereocenters. The van der Waals surface area contributed by atoms with Crippen molar-refractivity contribution in [3.8, 4) is 0 Å². The number of anilines is 1. The predicted molar refractivity (Wildman–Crippen MR) is 69.5 cm³/mol. The van der Waals surface area contributed by atoms with Crippen LogP contribution in [0.3, 0.4) is 0 Å². The van der Waals surface area contributed by atoms with E-state index in [0.717, 1.165) is 26.2 Å².